The van der Waals surface area contributed by atoms with Gasteiger partial charge in [-0.1, -0.05) is 18.6 Å². The summed E-state index contributed by atoms with van der Waals surface area (Å²) in [4.78, 5) is 40.8. The molecule has 0 saturated carbocycles. The second-order valence-corrected chi connectivity index (χ2v) is 6.41. The molecule has 1 aliphatic rings. The van der Waals surface area contributed by atoms with Gasteiger partial charge in [0.15, 0.2) is 0 Å². The quantitative estimate of drug-likeness (QED) is 0.837. The summed E-state index contributed by atoms with van der Waals surface area (Å²) in [5.41, 5.74) is 4.04. The number of hydrogen-bond donors (Lipinski definition) is 2. The number of carbonyl (C=O) groups excluding carboxylic acids is 3. The smallest absolute Gasteiger partial charge is 0.252 e. The van der Waals surface area contributed by atoms with Gasteiger partial charge in [0.2, 0.25) is 11.8 Å². The van der Waals surface area contributed by atoms with Crippen LogP contribution >= 0.6 is 0 Å². The van der Waals surface area contributed by atoms with Crippen LogP contribution in [0.2, 0.25) is 0 Å². The van der Waals surface area contributed by atoms with Crippen LogP contribution in [0.25, 0.3) is 10.9 Å². The molecule has 25 heavy (non-hydrogen) atoms. The lowest BCUT2D eigenvalue weighted by Crippen LogP contribution is -2.52. The highest BCUT2D eigenvalue weighted by atomic mass is 16.2. The zero-order chi connectivity index (χ0) is 18.1. The highest BCUT2D eigenvalue weighted by Crippen LogP contribution is 2.25. The molecule has 0 aliphatic carbocycles. The zero-order valence-corrected chi connectivity index (χ0v) is 14.6. The molecule has 6 nitrogen and oxygen atoms in total. The lowest BCUT2D eigenvalue weighted by molar-refractivity contribution is -0.134. The Morgan fingerprint density at radius 2 is 2.08 bits per heavy atom. The Morgan fingerprint density at radius 1 is 1.32 bits per heavy atom. The van der Waals surface area contributed by atoms with Crippen molar-refractivity contribution in [3.05, 3.63) is 40.6 Å². The minimum Gasteiger partial charge on any atom is -0.340 e. The van der Waals surface area contributed by atoms with Gasteiger partial charge in [-0.2, -0.15) is 0 Å². The number of hydrogen-bond acceptors (Lipinski definition) is 4. The summed E-state index contributed by atoms with van der Waals surface area (Å²) in [5, 5.41) is 5.82. The molecule has 6 heteroatoms. The number of piperidine rings is 1. The van der Waals surface area contributed by atoms with Crippen LogP contribution in [-0.4, -0.2) is 28.7 Å². The van der Waals surface area contributed by atoms with Gasteiger partial charge in [0.25, 0.3) is 5.91 Å². The van der Waals surface area contributed by atoms with Crippen molar-refractivity contribution >= 4 is 28.6 Å². The molecule has 1 unspecified atom stereocenters. The molecule has 0 spiro atoms. The fourth-order valence-electron chi connectivity index (χ4n) is 3.22. The number of imide groups is 1. The van der Waals surface area contributed by atoms with Gasteiger partial charge in [0, 0.05) is 17.5 Å². The van der Waals surface area contributed by atoms with E-state index in [-0.39, 0.29) is 18.2 Å². The molecule has 2 aromatic rings. The van der Waals surface area contributed by atoms with Crippen molar-refractivity contribution in [2.24, 2.45) is 0 Å². The molecule has 0 radical (unpaired) electrons. The van der Waals surface area contributed by atoms with Gasteiger partial charge in [-0.15, -0.1) is 0 Å². The van der Waals surface area contributed by atoms with Crippen LogP contribution in [0.4, 0.5) is 0 Å². The zero-order valence-electron chi connectivity index (χ0n) is 14.6. The number of fused-ring (bicyclic) bond motifs is 1. The third kappa shape index (κ3) is 3.24. The van der Waals surface area contributed by atoms with Gasteiger partial charge in [0.05, 0.1) is 11.1 Å². The summed E-state index contributed by atoms with van der Waals surface area (Å²) in [6.07, 6.45) is 1.26. The Kier molecular flexibility index (Phi) is 4.53. The van der Waals surface area contributed by atoms with Gasteiger partial charge >= 0.3 is 0 Å². The predicted octanol–water partition coefficient (Wildman–Crippen LogP) is 1.95. The minimum atomic E-state index is -0.692. The lowest BCUT2D eigenvalue weighted by atomic mass is 9.97. The van der Waals surface area contributed by atoms with E-state index in [0.717, 1.165) is 27.7 Å². The van der Waals surface area contributed by atoms with Crippen LogP contribution in [0.15, 0.2) is 18.2 Å². The Labute approximate surface area is 146 Å². The molecule has 1 aromatic heterocycles. The maximum atomic E-state index is 13.0. The Bertz CT molecular complexity index is 889. The standard InChI is InChI=1S/C19H21N3O3/c1-4-13-11(3)17(12-9-10(2)5-6-14(12)20-13)19(25)21-15-7-8-16(23)22-18(15)24/h5-6,9,15H,4,7-8H2,1-3H3,(H,21,25)(H,22,23,24). The second kappa shape index (κ2) is 6.63. The molecular weight excluding hydrogens is 318 g/mol. The summed E-state index contributed by atoms with van der Waals surface area (Å²) in [7, 11) is 0. The maximum Gasteiger partial charge on any atom is 0.252 e. The number of pyridine rings is 1. The highest BCUT2D eigenvalue weighted by molar-refractivity contribution is 6.10. The van der Waals surface area contributed by atoms with Crippen LogP contribution in [0.5, 0.6) is 0 Å². The van der Waals surface area contributed by atoms with E-state index in [9.17, 15) is 14.4 Å². The third-order valence-corrected chi connectivity index (χ3v) is 4.59. The van der Waals surface area contributed by atoms with Crippen LogP contribution in [0, 0.1) is 13.8 Å². The molecule has 3 amide bonds. The Morgan fingerprint density at radius 3 is 2.76 bits per heavy atom. The molecule has 0 bridgehead atoms. The van der Waals surface area contributed by atoms with Crippen molar-refractivity contribution in [2.45, 2.75) is 46.1 Å². The van der Waals surface area contributed by atoms with E-state index in [1.807, 2.05) is 39.0 Å². The molecule has 2 heterocycles. The van der Waals surface area contributed by atoms with Gasteiger partial charge < -0.3 is 5.32 Å². The van der Waals surface area contributed by atoms with E-state index in [2.05, 4.69) is 15.6 Å². The summed E-state index contributed by atoms with van der Waals surface area (Å²) >= 11 is 0. The Hall–Kier alpha value is -2.76. The predicted molar refractivity (Wildman–Crippen MR) is 94.2 cm³/mol. The van der Waals surface area contributed by atoms with E-state index in [0.29, 0.717) is 18.4 Å². The highest BCUT2D eigenvalue weighted by Gasteiger charge is 2.29. The normalized spacial score (nSPS) is 17.5. The fourth-order valence-corrected chi connectivity index (χ4v) is 3.22. The monoisotopic (exact) mass is 339 g/mol. The van der Waals surface area contributed by atoms with Gasteiger partial charge in [-0.05, 0) is 44.4 Å². The summed E-state index contributed by atoms with van der Waals surface area (Å²) in [6, 6.07) is 5.12. The second-order valence-electron chi connectivity index (χ2n) is 6.41. The van der Waals surface area contributed by atoms with E-state index in [1.165, 1.54) is 0 Å². The largest absolute Gasteiger partial charge is 0.340 e. The molecule has 1 saturated heterocycles. The van der Waals surface area contributed by atoms with E-state index < -0.39 is 11.9 Å². The van der Waals surface area contributed by atoms with Crippen molar-refractivity contribution in [1.82, 2.24) is 15.6 Å². The number of nitrogens with zero attached hydrogens (tertiary/aromatic N) is 1. The van der Waals surface area contributed by atoms with Crippen LogP contribution in [-0.2, 0) is 16.0 Å². The van der Waals surface area contributed by atoms with Gasteiger partial charge in [-0.25, -0.2) is 0 Å². The van der Waals surface area contributed by atoms with E-state index in [4.69, 9.17) is 0 Å². The van der Waals surface area contributed by atoms with Crippen molar-refractivity contribution in [2.75, 3.05) is 0 Å². The van der Waals surface area contributed by atoms with E-state index >= 15 is 0 Å². The average Bonchev–Trinajstić information content (AvgIpc) is 2.56. The molecule has 1 atom stereocenters. The first-order valence-corrected chi connectivity index (χ1v) is 8.45. The minimum absolute atomic E-state index is 0.228. The molecule has 1 aliphatic heterocycles. The number of carbonyl (C=O) groups is 3. The molecule has 130 valence electrons. The first-order valence-electron chi connectivity index (χ1n) is 8.45. The molecule has 1 aromatic carbocycles. The number of benzene rings is 1. The van der Waals surface area contributed by atoms with Crippen LogP contribution in [0.3, 0.4) is 0 Å². The third-order valence-electron chi connectivity index (χ3n) is 4.59. The van der Waals surface area contributed by atoms with Crippen LogP contribution in [0.1, 0.15) is 46.9 Å². The maximum absolute atomic E-state index is 13.0. The Balaban J connectivity index is 2.02. The first kappa shape index (κ1) is 17.1. The van der Waals surface area contributed by atoms with E-state index in [1.54, 1.807) is 0 Å². The van der Waals surface area contributed by atoms with Crippen molar-refractivity contribution in [1.29, 1.82) is 0 Å². The van der Waals surface area contributed by atoms with Crippen molar-refractivity contribution < 1.29 is 14.4 Å². The fraction of sp³-hybridized carbons (Fsp3) is 0.368. The number of nitrogens with one attached hydrogen (secondary N) is 2. The average molecular weight is 339 g/mol. The lowest BCUT2D eigenvalue weighted by Gasteiger charge is -2.23. The van der Waals surface area contributed by atoms with Gasteiger partial charge in [0.1, 0.15) is 6.04 Å². The summed E-state index contributed by atoms with van der Waals surface area (Å²) in [6.45, 7) is 5.84. The van der Waals surface area contributed by atoms with Gasteiger partial charge in [-0.3, -0.25) is 24.7 Å². The SMILES string of the molecule is CCc1nc2ccc(C)cc2c(C(=O)NC2CCC(=O)NC2=O)c1C. The topological polar surface area (TPSA) is 88.2 Å². The molecular formula is C19H21N3O3. The molecule has 2 N–H and O–H groups in total. The summed E-state index contributed by atoms with van der Waals surface area (Å²) < 4.78 is 0. The molecule has 1 fully saturated rings. The number of aryl methyl sites for hydroxylation is 2. The van der Waals surface area contributed by atoms with Crippen molar-refractivity contribution in [3.8, 4) is 0 Å². The number of rotatable bonds is 3. The summed E-state index contributed by atoms with van der Waals surface area (Å²) in [5.74, 6) is -1.06. The van der Waals surface area contributed by atoms with Crippen LogP contribution < -0.4 is 10.6 Å². The first-order chi connectivity index (χ1) is 11.9. The van der Waals surface area contributed by atoms with Crippen molar-refractivity contribution in [3.63, 3.8) is 0 Å². The number of amides is 3. The molecule has 3 rings (SSSR count). The number of aromatic nitrogens is 1.